The van der Waals surface area contributed by atoms with Gasteiger partial charge < -0.3 is 19.6 Å². The van der Waals surface area contributed by atoms with E-state index in [9.17, 15) is 18.7 Å². The van der Waals surface area contributed by atoms with Gasteiger partial charge >= 0.3 is 6.61 Å². The lowest BCUT2D eigenvalue weighted by Crippen LogP contribution is -2.51. The van der Waals surface area contributed by atoms with Gasteiger partial charge in [-0.3, -0.25) is 19.3 Å². The smallest absolute Gasteiger partial charge is 0.387 e. The van der Waals surface area contributed by atoms with Crippen molar-refractivity contribution in [3.05, 3.63) is 78.0 Å². The topological polar surface area (TPSA) is 139 Å². The molecule has 5 aromatic rings. The van der Waals surface area contributed by atoms with Crippen LogP contribution < -0.4 is 10.1 Å². The number of rotatable bonds is 10. The van der Waals surface area contributed by atoms with Crippen molar-refractivity contribution in [3.8, 4) is 17.0 Å². The molecule has 1 atom stereocenters. The molecule has 0 radical (unpaired) electrons. The minimum absolute atomic E-state index is 0.0342. The van der Waals surface area contributed by atoms with Gasteiger partial charge in [0.2, 0.25) is 5.89 Å². The molecule has 2 N–H and O–H groups in total. The van der Waals surface area contributed by atoms with Crippen molar-refractivity contribution < 1.29 is 27.8 Å². The average molecular weight is 614 g/mol. The number of ether oxygens (including phenoxy) is 1. The van der Waals surface area contributed by atoms with E-state index in [2.05, 4.69) is 30.4 Å². The summed E-state index contributed by atoms with van der Waals surface area (Å²) in [5, 5.41) is 22.8. The predicted octanol–water partition coefficient (Wildman–Crippen LogP) is 3.22. The zero-order chi connectivity index (χ0) is 29.9. The number of piperazine rings is 1. The molecule has 1 aliphatic rings. The number of hydrogen-bond donors (Lipinski definition) is 2. The van der Waals surface area contributed by atoms with Crippen molar-refractivity contribution in [2.24, 2.45) is 0 Å². The van der Waals surface area contributed by atoms with E-state index in [1.165, 1.54) is 52.2 Å². The number of fused-ring (bicyclic) bond motifs is 1. The minimum atomic E-state index is -3.10. The Morgan fingerprint density at radius 3 is 2.79 bits per heavy atom. The second-order valence-electron chi connectivity index (χ2n) is 9.75. The van der Waals surface area contributed by atoms with Gasteiger partial charge in [-0.1, -0.05) is 11.6 Å². The average Bonchev–Trinajstić information content (AvgIpc) is 3.75. The van der Waals surface area contributed by atoms with Gasteiger partial charge in [-0.05, 0) is 24.3 Å². The van der Waals surface area contributed by atoms with Crippen LogP contribution in [0.2, 0.25) is 5.02 Å². The lowest BCUT2D eigenvalue weighted by Gasteiger charge is -2.36. The summed E-state index contributed by atoms with van der Waals surface area (Å²) in [6, 6.07) is 5.81. The molecule has 224 valence electrons. The molecule has 1 fully saturated rings. The lowest BCUT2D eigenvalue weighted by molar-refractivity contribution is -0.0494. The minimum Gasteiger partial charge on any atom is -0.448 e. The Balaban J connectivity index is 1.25. The number of halogens is 3. The monoisotopic (exact) mass is 613 g/mol. The molecule has 1 saturated heterocycles. The summed E-state index contributed by atoms with van der Waals surface area (Å²) in [5.74, 6) is -0.0974. The van der Waals surface area contributed by atoms with Crippen LogP contribution >= 0.6 is 11.6 Å². The number of nitrogens with one attached hydrogen (secondary N) is 1. The number of aromatic nitrogens is 6. The summed E-state index contributed by atoms with van der Waals surface area (Å²) in [7, 11) is 0. The number of amides is 1. The van der Waals surface area contributed by atoms with Crippen LogP contribution in [0.4, 0.5) is 14.5 Å². The fraction of sp³-hybridized carbons (Fsp3) is 0.296. The van der Waals surface area contributed by atoms with E-state index in [-0.39, 0.29) is 39.8 Å². The Labute approximate surface area is 248 Å². The molecule has 0 aliphatic carbocycles. The van der Waals surface area contributed by atoms with Crippen molar-refractivity contribution in [1.29, 1.82) is 0 Å². The first-order valence-electron chi connectivity index (χ1n) is 13.3. The van der Waals surface area contributed by atoms with Crippen molar-refractivity contribution in [2.45, 2.75) is 25.9 Å². The number of oxazole rings is 1. The number of hydrogen-bond acceptors (Lipinski definition) is 10. The summed E-state index contributed by atoms with van der Waals surface area (Å²) in [5.41, 5.74) is 0.964. The van der Waals surface area contributed by atoms with Gasteiger partial charge in [0.1, 0.15) is 29.5 Å². The highest BCUT2D eigenvalue weighted by Gasteiger charge is 2.26. The summed E-state index contributed by atoms with van der Waals surface area (Å²) < 4.78 is 39.5. The van der Waals surface area contributed by atoms with E-state index < -0.39 is 18.7 Å². The molecule has 1 aromatic carbocycles. The van der Waals surface area contributed by atoms with E-state index in [4.69, 9.17) is 20.8 Å². The van der Waals surface area contributed by atoms with Gasteiger partial charge in [0.25, 0.3) is 5.91 Å². The summed E-state index contributed by atoms with van der Waals surface area (Å²) >= 11 is 6.21. The third-order valence-corrected chi connectivity index (χ3v) is 7.20. The predicted molar refractivity (Wildman–Crippen MR) is 150 cm³/mol. The van der Waals surface area contributed by atoms with Gasteiger partial charge in [-0.25, -0.2) is 14.5 Å². The van der Waals surface area contributed by atoms with Crippen molar-refractivity contribution in [2.75, 3.05) is 31.5 Å². The Hall–Kier alpha value is -4.44. The Morgan fingerprint density at radius 1 is 1.19 bits per heavy atom. The SMILES string of the molecule is O=C(Nc1cn(CC(O)N2CCN(Cc3ncco3)CC2)nc1-c1cc(Cl)ccc1OC(F)F)c1cnn2cccnc12. The maximum Gasteiger partial charge on any atom is 0.387 e. The van der Waals surface area contributed by atoms with E-state index in [1.807, 2.05) is 4.90 Å². The molecule has 5 heterocycles. The zero-order valence-electron chi connectivity index (χ0n) is 22.6. The van der Waals surface area contributed by atoms with Gasteiger partial charge in [-0.2, -0.15) is 19.0 Å². The van der Waals surface area contributed by atoms with Crippen molar-refractivity contribution >= 4 is 28.8 Å². The highest BCUT2D eigenvalue weighted by Crippen LogP contribution is 2.37. The molecule has 1 amide bonds. The number of aliphatic hydroxyl groups is 1. The summed E-state index contributed by atoms with van der Waals surface area (Å²) in [6.07, 6.45) is 8.29. The van der Waals surface area contributed by atoms with Crippen LogP contribution in [-0.2, 0) is 13.1 Å². The van der Waals surface area contributed by atoms with E-state index in [0.29, 0.717) is 44.3 Å². The Kier molecular flexibility index (Phi) is 8.29. The molecule has 13 nitrogen and oxygen atoms in total. The first-order chi connectivity index (χ1) is 20.8. The number of benzene rings is 1. The molecule has 1 aliphatic heterocycles. The molecule has 0 spiro atoms. The summed E-state index contributed by atoms with van der Waals surface area (Å²) in [6.45, 7) is 0.0590. The molecular weight excluding hydrogens is 588 g/mol. The largest absolute Gasteiger partial charge is 0.448 e. The third kappa shape index (κ3) is 6.49. The quantitative estimate of drug-likeness (QED) is 0.241. The molecule has 6 rings (SSSR count). The molecule has 0 bridgehead atoms. The van der Waals surface area contributed by atoms with Gasteiger partial charge in [0, 0.05) is 55.4 Å². The molecular formula is C27H26ClF2N9O4. The Morgan fingerprint density at radius 2 is 2.02 bits per heavy atom. The highest BCUT2D eigenvalue weighted by atomic mass is 35.5. The molecule has 0 saturated carbocycles. The number of nitrogens with zero attached hydrogens (tertiary/aromatic N) is 8. The van der Waals surface area contributed by atoms with E-state index >= 15 is 0 Å². The van der Waals surface area contributed by atoms with Gasteiger partial charge in [0.05, 0.1) is 31.2 Å². The summed E-state index contributed by atoms with van der Waals surface area (Å²) in [4.78, 5) is 25.8. The Bertz CT molecular complexity index is 1700. The standard InChI is InChI=1S/C27H26ClF2N9O4/c28-17-2-3-21(43-27(29)30)18(12-17)24-20(34-26(41)19-13-33-39-6-1-4-32-25(19)39)14-38(35-24)16-23(40)37-9-7-36(8-10-37)15-22-31-5-11-42-22/h1-6,11-14,23,27,40H,7-10,15-16H2,(H,34,41). The van der Waals surface area contributed by atoms with Crippen LogP contribution in [0.15, 0.2) is 65.9 Å². The second kappa shape index (κ2) is 12.4. The number of anilines is 1. The number of carbonyl (C=O) groups excluding carboxylic acids is 1. The highest BCUT2D eigenvalue weighted by molar-refractivity contribution is 6.31. The maximum atomic E-state index is 13.3. The molecule has 16 heteroatoms. The van der Waals surface area contributed by atoms with Crippen LogP contribution in [0.3, 0.4) is 0 Å². The van der Waals surface area contributed by atoms with Crippen LogP contribution in [0, 0.1) is 0 Å². The van der Waals surface area contributed by atoms with Crippen LogP contribution in [-0.4, -0.2) is 89.2 Å². The second-order valence-corrected chi connectivity index (χ2v) is 10.2. The molecule has 43 heavy (non-hydrogen) atoms. The lowest BCUT2D eigenvalue weighted by atomic mass is 10.1. The molecule has 1 unspecified atom stereocenters. The van der Waals surface area contributed by atoms with Crippen molar-refractivity contribution in [3.63, 3.8) is 0 Å². The normalized spacial score (nSPS) is 15.3. The zero-order valence-corrected chi connectivity index (χ0v) is 23.3. The van der Waals surface area contributed by atoms with Gasteiger partial charge in [-0.15, -0.1) is 0 Å². The fourth-order valence-electron chi connectivity index (χ4n) is 4.89. The van der Waals surface area contributed by atoms with Crippen LogP contribution in [0.1, 0.15) is 16.2 Å². The van der Waals surface area contributed by atoms with Crippen molar-refractivity contribution in [1.82, 2.24) is 39.2 Å². The first kappa shape index (κ1) is 28.7. The van der Waals surface area contributed by atoms with E-state index in [0.717, 1.165) is 0 Å². The number of aliphatic hydroxyl groups excluding tert-OH is 1. The fourth-order valence-corrected chi connectivity index (χ4v) is 5.07. The van der Waals surface area contributed by atoms with E-state index in [1.54, 1.807) is 18.5 Å². The van der Waals surface area contributed by atoms with Gasteiger partial charge in [0.15, 0.2) is 5.65 Å². The van der Waals surface area contributed by atoms with Crippen LogP contribution in [0.5, 0.6) is 5.75 Å². The first-order valence-corrected chi connectivity index (χ1v) is 13.7. The third-order valence-electron chi connectivity index (χ3n) is 6.97. The maximum absolute atomic E-state index is 13.3. The number of alkyl halides is 2. The molecule has 4 aromatic heterocycles. The van der Waals surface area contributed by atoms with Crippen LogP contribution in [0.25, 0.3) is 16.9 Å². The number of carbonyl (C=O) groups is 1.